The molecule has 1 aliphatic carbocycles. The molecule has 114 valence electrons. The van der Waals surface area contributed by atoms with Crippen molar-refractivity contribution in [3.8, 4) is 0 Å². The van der Waals surface area contributed by atoms with Crippen LogP contribution < -0.4 is 0 Å². The number of unbranched alkanes of at least 4 members (excludes halogenated alkanes) is 5. The third kappa shape index (κ3) is 5.14. The van der Waals surface area contributed by atoms with Gasteiger partial charge in [0.2, 0.25) is 0 Å². The molecule has 1 atom stereocenters. The van der Waals surface area contributed by atoms with Crippen molar-refractivity contribution in [3.05, 3.63) is 59.7 Å². The molecule has 0 bridgehead atoms. The van der Waals surface area contributed by atoms with E-state index < -0.39 is 0 Å². The van der Waals surface area contributed by atoms with Crippen molar-refractivity contribution in [2.24, 2.45) is 0 Å². The van der Waals surface area contributed by atoms with Gasteiger partial charge in [-0.1, -0.05) is 104 Å². The second-order valence-electron chi connectivity index (χ2n) is 6.07. The molecule has 0 heterocycles. The zero-order valence-electron chi connectivity index (χ0n) is 13.2. The van der Waals surface area contributed by atoms with Crippen molar-refractivity contribution in [1.82, 2.24) is 0 Å². The molecule has 1 aromatic carbocycles. The Bertz CT molecular complexity index is 469. The molecule has 1 heteroatoms. The maximum atomic E-state index is 3.88. The maximum absolute atomic E-state index is 3.88. The Balaban J connectivity index is 1.79. The van der Waals surface area contributed by atoms with E-state index in [1.54, 1.807) is 0 Å². The summed E-state index contributed by atoms with van der Waals surface area (Å²) in [7, 11) is 0. The summed E-state index contributed by atoms with van der Waals surface area (Å²) in [6.45, 7) is 2.27. The van der Waals surface area contributed by atoms with Gasteiger partial charge in [0.05, 0.1) is 4.32 Å². The van der Waals surface area contributed by atoms with Gasteiger partial charge in [0, 0.05) is 0 Å². The molecular weight excluding hydrogens is 320 g/mol. The molecule has 0 radical (unpaired) electrons. The summed E-state index contributed by atoms with van der Waals surface area (Å²) >= 11 is 3.88. The quantitative estimate of drug-likeness (QED) is 0.363. The highest BCUT2D eigenvalue weighted by atomic mass is 79.9. The summed E-state index contributed by atoms with van der Waals surface area (Å²) in [6.07, 6.45) is 19.2. The summed E-state index contributed by atoms with van der Waals surface area (Å²) in [6, 6.07) is 9.17. The van der Waals surface area contributed by atoms with Crippen LogP contribution in [0.4, 0.5) is 0 Å². The number of rotatable bonds is 8. The second kappa shape index (κ2) is 8.58. The highest BCUT2D eigenvalue weighted by Crippen LogP contribution is 2.38. The van der Waals surface area contributed by atoms with Crippen LogP contribution >= 0.6 is 15.9 Å². The molecule has 1 aromatic rings. The Morgan fingerprint density at radius 2 is 1.67 bits per heavy atom. The first-order valence-corrected chi connectivity index (χ1v) is 9.16. The zero-order valence-corrected chi connectivity index (χ0v) is 14.7. The topological polar surface area (TPSA) is 0 Å². The van der Waals surface area contributed by atoms with Gasteiger partial charge in [0.15, 0.2) is 0 Å². The third-order valence-corrected chi connectivity index (χ3v) is 5.32. The van der Waals surface area contributed by atoms with E-state index in [0.717, 1.165) is 6.42 Å². The van der Waals surface area contributed by atoms with Crippen LogP contribution in [0, 0.1) is 0 Å². The second-order valence-corrected chi connectivity index (χ2v) is 7.48. The van der Waals surface area contributed by atoms with Crippen molar-refractivity contribution < 1.29 is 0 Å². The van der Waals surface area contributed by atoms with Gasteiger partial charge in [-0.15, -0.1) is 0 Å². The van der Waals surface area contributed by atoms with Gasteiger partial charge in [0.25, 0.3) is 0 Å². The fourth-order valence-corrected chi connectivity index (χ4v) is 3.47. The average Bonchev–Trinajstić information content (AvgIpc) is 2.52. The van der Waals surface area contributed by atoms with Gasteiger partial charge >= 0.3 is 0 Å². The molecule has 0 N–H and O–H groups in total. The van der Waals surface area contributed by atoms with Gasteiger partial charge in [0.1, 0.15) is 0 Å². The molecule has 1 unspecified atom stereocenters. The molecular formula is C20H27Br. The monoisotopic (exact) mass is 346 g/mol. The summed E-state index contributed by atoms with van der Waals surface area (Å²) in [4.78, 5) is 0. The SMILES string of the molecule is CCCCCCCCc1ccc(C2(Br)C=CC=CC2)cc1. The predicted molar refractivity (Wildman–Crippen MR) is 97.0 cm³/mol. The lowest BCUT2D eigenvalue weighted by molar-refractivity contribution is 0.607. The Morgan fingerprint density at radius 3 is 2.33 bits per heavy atom. The minimum absolute atomic E-state index is 0.000429. The van der Waals surface area contributed by atoms with Gasteiger partial charge in [-0.3, -0.25) is 0 Å². The van der Waals surface area contributed by atoms with E-state index in [1.807, 2.05) is 0 Å². The van der Waals surface area contributed by atoms with Crippen molar-refractivity contribution in [2.75, 3.05) is 0 Å². The zero-order chi connectivity index (χ0) is 15.0. The first kappa shape index (κ1) is 16.5. The fraction of sp³-hybridized carbons (Fsp3) is 0.500. The van der Waals surface area contributed by atoms with Crippen LogP contribution in [-0.4, -0.2) is 0 Å². The van der Waals surface area contributed by atoms with Crippen LogP contribution in [0.3, 0.4) is 0 Å². The molecule has 2 rings (SSSR count). The van der Waals surface area contributed by atoms with E-state index in [-0.39, 0.29) is 4.32 Å². The summed E-state index contributed by atoms with van der Waals surface area (Å²) in [5, 5.41) is 0. The highest BCUT2D eigenvalue weighted by Gasteiger charge is 2.25. The number of benzene rings is 1. The van der Waals surface area contributed by atoms with Crippen LogP contribution in [0.5, 0.6) is 0 Å². The number of alkyl halides is 1. The van der Waals surface area contributed by atoms with Crippen LogP contribution in [0.2, 0.25) is 0 Å². The largest absolute Gasteiger partial charge is 0.0825 e. The predicted octanol–water partition coefficient (Wildman–Crippen LogP) is 6.70. The van der Waals surface area contributed by atoms with Crippen molar-refractivity contribution in [1.29, 1.82) is 0 Å². The van der Waals surface area contributed by atoms with E-state index in [1.165, 1.54) is 56.1 Å². The number of allylic oxidation sites excluding steroid dienone is 4. The van der Waals surface area contributed by atoms with Crippen LogP contribution in [0.25, 0.3) is 0 Å². The van der Waals surface area contributed by atoms with Gasteiger partial charge in [-0.25, -0.2) is 0 Å². The Kier molecular flexibility index (Phi) is 6.76. The van der Waals surface area contributed by atoms with Crippen LogP contribution in [0.15, 0.2) is 48.6 Å². The van der Waals surface area contributed by atoms with Crippen molar-refractivity contribution in [2.45, 2.75) is 62.6 Å². The molecule has 0 fully saturated rings. The first-order valence-electron chi connectivity index (χ1n) is 8.37. The standard InChI is InChI=1S/C20H27Br/c1-2-3-4-5-6-8-11-18-12-14-19(15-13-18)20(21)16-9-7-10-17-20/h7,9-10,12-16H,2-6,8,11,17H2,1H3. The van der Waals surface area contributed by atoms with E-state index in [0.29, 0.717) is 0 Å². The molecule has 0 spiro atoms. The molecule has 0 saturated carbocycles. The molecule has 0 saturated heterocycles. The van der Waals surface area contributed by atoms with E-state index in [4.69, 9.17) is 0 Å². The molecule has 21 heavy (non-hydrogen) atoms. The minimum atomic E-state index is 0.000429. The molecule has 0 aromatic heterocycles. The normalized spacial score (nSPS) is 20.9. The lowest BCUT2D eigenvalue weighted by Gasteiger charge is -2.25. The Morgan fingerprint density at radius 1 is 0.952 bits per heavy atom. The number of hydrogen-bond acceptors (Lipinski definition) is 0. The number of hydrogen-bond donors (Lipinski definition) is 0. The smallest absolute Gasteiger partial charge is 0.0723 e. The first-order chi connectivity index (χ1) is 10.2. The van der Waals surface area contributed by atoms with Crippen LogP contribution in [0.1, 0.15) is 63.0 Å². The summed E-state index contributed by atoms with van der Waals surface area (Å²) in [5.41, 5.74) is 2.83. The fourth-order valence-electron chi connectivity index (χ4n) is 2.87. The van der Waals surface area contributed by atoms with E-state index in [9.17, 15) is 0 Å². The van der Waals surface area contributed by atoms with Crippen molar-refractivity contribution >= 4 is 15.9 Å². The highest BCUT2D eigenvalue weighted by molar-refractivity contribution is 9.09. The Hall–Kier alpha value is -0.820. The Labute approximate surface area is 138 Å². The molecule has 0 nitrogen and oxygen atoms in total. The average molecular weight is 347 g/mol. The summed E-state index contributed by atoms with van der Waals surface area (Å²) < 4.78 is 0.000429. The van der Waals surface area contributed by atoms with E-state index >= 15 is 0 Å². The third-order valence-electron chi connectivity index (χ3n) is 4.28. The molecule has 1 aliphatic rings. The lowest BCUT2D eigenvalue weighted by Crippen LogP contribution is -2.15. The number of halogens is 1. The number of aryl methyl sites for hydroxylation is 1. The van der Waals surface area contributed by atoms with Crippen molar-refractivity contribution in [3.63, 3.8) is 0 Å². The van der Waals surface area contributed by atoms with Gasteiger partial charge in [-0.05, 0) is 30.4 Å². The van der Waals surface area contributed by atoms with Gasteiger partial charge < -0.3 is 0 Å². The minimum Gasteiger partial charge on any atom is -0.0825 e. The maximum Gasteiger partial charge on any atom is 0.0723 e. The summed E-state index contributed by atoms with van der Waals surface area (Å²) in [5.74, 6) is 0. The van der Waals surface area contributed by atoms with Gasteiger partial charge in [-0.2, -0.15) is 0 Å². The van der Waals surface area contributed by atoms with E-state index in [2.05, 4.69) is 71.4 Å². The van der Waals surface area contributed by atoms with Crippen LogP contribution in [-0.2, 0) is 10.7 Å². The lowest BCUT2D eigenvalue weighted by atomic mass is 9.91. The molecule has 0 amide bonds. The molecule has 0 aliphatic heterocycles.